The number of hydrogen-bond donors (Lipinski definition) is 0. The summed E-state index contributed by atoms with van der Waals surface area (Å²) in [6.07, 6.45) is 1.60. The molecule has 1 heterocycles. The van der Waals surface area contributed by atoms with Crippen LogP contribution in [0.4, 0.5) is 0 Å². The molecule has 104 valence electrons. The maximum atomic E-state index is 11.9. The van der Waals surface area contributed by atoms with E-state index in [1.54, 1.807) is 42.5 Å². The van der Waals surface area contributed by atoms with Gasteiger partial charge in [-0.25, -0.2) is 9.79 Å². The van der Waals surface area contributed by atoms with Crippen molar-refractivity contribution in [2.24, 2.45) is 4.99 Å². The molecule has 3 nitrogen and oxygen atoms in total. The lowest BCUT2D eigenvalue weighted by Gasteiger charge is -1.98. The summed E-state index contributed by atoms with van der Waals surface area (Å²) >= 11 is 11.9. The largest absolute Gasteiger partial charge is 0.402 e. The number of nitrogens with zero attached hydrogens (tertiary/aromatic N) is 1. The maximum Gasteiger partial charge on any atom is 0.363 e. The number of cyclic esters (lactones) is 1. The van der Waals surface area contributed by atoms with E-state index in [1.807, 2.05) is 12.1 Å². The van der Waals surface area contributed by atoms with Crippen molar-refractivity contribution in [3.8, 4) is 0 Å². The van der Waals surface area contributed by atoms with Crippen LogP contribution < -0.4 is 0 Å². The molecule has 1 aliphatic rings. The molecular weight excluding hydrogens is 309 g/mol. The Kier molecular flexibility index (Phi) is 3.78. The van der Waals surface area contributed by atoms with Gasteiger partial charge in [-0.15, -0.1) is 0 Å². The minimum Gasteiger partial charge on any atom is -0.402 e. The van der Waals surface area contributed by atoms with Crippen molar-refractivity contribution in [3.63, 3.8) is 0 Å². The van der Waals surface area contributed by atoms with E-state index in [4.69, 9.17) is 27.9 Å². The van der Waals surface area contributed by atoms with E-state index in [0.717, 1.165) is 0 Å². The van der Waals surface area contributed by atoms with E-state index in [9.17, 15) is 4.79 Å². The summed E-state index contributed by atoms with van der Waals surface area (Å²) in [6, 6.07) is 14.1. The quantitative estimate of drug-likeness (QED) is 0.610. The fourth-order valence-corrected chi connectivity index (χ4v) is 2.18. The van der Waals surface area contributed by atoms with Gasteiger partial charge in [-0.3, -0.25) is 0 Å². The SMILES string of the molecule is O=C1OC(c2ccc(Cl)cc2)=N/C1=C/c1ccccc1Cl. The van der Waals surface area contributed by atoms with Crippen LogP contribution >= 0.6 is 23.2 Å². The van der Waals surface area contributed by atoms with Gasteiger partial charge in [0.1, 0.15) is 0 Å². The Balaban J connectivity index is 1.96. The number of benzene rings is 2. The highest BCUT2D eigenvalue weighted by molar-refractivity contribution is 6.32. The summed E-state index contributed by atoms with van der Waals surface area (Å²) in [7, 11) is 0. The molecular formula is C16H9Cl2NO2. The first kappa shape index (κ1) is 13.9. The molecule has 0 unspecified atom stereocenters. The van der Waals surface area contributed by atoms with Crippen molar-refractivity contribution in [2.75, 3.05) is 0 Å². The number of hydrogen-bond acceptors (Lipinski definition) is 3. The molecule has 0 amide bonds. The predicted octanol–water partition coefficient (Wildman–Crippen LogP) is 4.34. The Labute approximate surface area is 131 Å². The molecule has 3 rings (SSSR count). The fourth-order valence-electron chi connectivity index (χ4n) is 1.86. The molecule has 0 radical (unpaired) electrons. The van der Waals surface area contributed by atoms with Crippen molar-refractivity contribution >= 4 is 41.1 Å². The summed E-state index contributed by atoms with van der Waals surface area (Å²) in [5.41, 5.74) is 1.62. The normalized spacial score (nSPS) is 16.0. The van der Waals surface area contributed by atoms with E-state index in [-0.39, 0.29) is 11.6 Å². The monoisotopic (exact) mass is 317 g/mol. The Hall–Kier alpha value is -2.10. The number of halogens is 2. The molecule has 1 aliphatic heterocycles. The summed E-state index contributed by atoms with van der Waals surface area (Å²) in [5, 5.41) is 1.16. The fraction of sp³-hybridized carbons (Fsp3) is 0. The number of aliphatic imine (C=N–C) groups is 1. The molecule has 0 saturated carbocycles. The molecule has 0 aromatic heterocycles. The van der Waals surface area contributed by atoms with E-state index in [2.05, 4.69) is 4.99 Å². The van der Waals surface area contributed by atoms with Gasteiger partial charge in [0.15, 0.2) is 5.70 Å². The summed E-state index contributed by atoms with van der Waals surface area (Å²) in [4.78, 5) is 16.1. The first-order valence-corrected chi connectivity index (χ1v) is 6.92. The number of carbonyl (C=O) groups excluding carboxylic acids is 1. The molecule has 0 aliphatic carbocycles. The Bertz CT molecular complexity index is 764. The van der Waals surface area contributed by atoms with E-state index in [0.29, 0.717) is 21.2 Å². The molecule has 2 aromatic rings. The van der Waals surface area contributed by atoms with Crippen LogP contribution in [0.15, 0.2) is 59.2 Å². The third-order valence-corrected chi connectivity index (χ3v) is 3.51. The molecule has 0 fully saturated rings. The molecule has 0 spiro atoms. The highest BCUT2D eigenvalue weighted by Gasteiger charge is 2.24. The zero-order chi connectivity index (χ0) is 14.8. The minimum atomic E-state index is -0.500. The smallest absolute Gasteiger partial charge is 0.363 e. The average Bonchev–Trinajstić information content (AvgIpc) is 2.83. The topological polar surface area (TPSA) is 38.7 Å². The second-order valence-electron chi connectivity index (χ2n) is 4.36. The van der Waals surface area contributed by atoms with Crippen LogP contribution in [0.2, 0.25) is 10.0 Å². The zero-order valence-corrected chi connectivity index (χ0v) is 12.2. The van der Waals surface area contributed by atoms with Crippen LogP contribution in [0, 0.1) is 0 Å². The lowest BCUT2D eigenvalue weighted by molar-refractivity contribution is -0.129. The van der Waals surface area contributed by atoms with Gasteiger partial charge in [0.25, 0.3) is 0 Å². The van der Waals surface area contributed by atoms with Crippen LogP contribution in [0.3, 0.4) is 0 Å². The van der Waals surface area contributed by atoms with Gasteiger partial charge in [-0.2, -0.15) is 0 Å². The van der Waals surface area contributed by atoms with Gasteiger partial charge in [-0.1, -0.05) is 41.4 Å². The highest BCUT2D eigenvalue weighted by Crippen LogP contribution is 2.23. The minimum absolute atomic E-state index is 0.216. The standard InChI is InChI=1S/C16H9Cl2NO2/c17-12-7-5-10(6-8-12)15-19-14(16(20)21-15)9-11-3-1-2-4-13(11)18/h1-9H/b14-9+. The van der Waals surface area contributed by atoms with E-state index in [1.165, 1.54) is 0 Å². The average molecular weight is 318 g/mol. The van der Waals surface area contributed by atoms with Gasteiger partial charge < -0.3 is 4.74 Å². The molecule has 5 heteroatoms. The first-order valence-electron chi connectivity index (χ1n) is 6.16. The summed E-state index contributed by atoms with van der Waals surface area (Å²) in [6.45, 7) is 0. The van der Waals surface area contributed by atoms with Gasteiger partial charge in [0.2, 0.25) is 5.90 Å². The lowest BCUT2D eigenvalue weighted by atomic mass is 10.2. The van der Waals surface area contributed by atoms with Crippen molar-refractivity contribution in [1.82, 2.24) is 0 Å². The molecule has 0 saturated heterocycles. The number of carbonyl (C=O) groups is 1. The van der Waals surface area contributed by atoms with Crippen molar-refractivity contribution in [1.29, 1.82) is 0 Å². The van der Waals surface area contributed by atoms with Gasteiger partial charge in [0, 0.05) is 15.6 Å². The number of esters is 1. The van der Waals surface area contributed by atoms with Crippen molar-refractivity contribution < 1.29 is 9.53 Å². The lowest BCUT2D eigenvalue weighted by Crippen LogP contribution is -2.05. The first-order chi connectivity index (χ1) is 10.1. The zero-order valence-electron chi connectivity index (χ0n) is 10.7. The molecule has 0 N–H and O–H groups in total. The number of rotatable bonds is 2. The number of ether oxygens (including phenoxy) is 1. The van der Waals surface area contributed by atoms with Crippen LogP contribution in [-0.4, -0.2) is 11.9 Å². The summed E-state index contributed by atoms with van der Waals surface area (Å²) in [5.74, 6) is -0.241. The Morgan fingerprint density at radius 3 is 2.43 bits per heavy atom. The third kappa shape index (κ3) is 2.99. The third-order valence-electron chi connectivity index (χ3n) is 2.91. The summed E-state index contributed by atoms with van der Waals surface area (Å²) < 4.78 is 5.17. The van der Waals surface area contributed by atoms with Gasteiger partial charge in [-0.05, 0) is 42.0 Å². The molecule has 21 heavy (non-hydrogen) atoms. The van der Waals surface area contributed by atoms with Crippen molar-refractivity contribution in [3.05, 3.63) is 75.4 Å². The van der Waals surface area contributed by atoms with E-state index >= 15 is 0 Å². The second kappa shape index (κ2) is 5.72. The predicted molar refractivity (Wildman–Crippen MR) is 83.5 cm³/mol. The highest BCUT2D eigenvalue weighted by atomic mass is 35.5. The van der Waals surface area contributed by atoms with Gasteiger partial charge in [0.05, 0.1) is 0 Å². The van der Waals surface area contributed by atoms with Crippen LogP contribution in [0.5, 0.6) is 0 Å². The van der Waals surface area contributed by atoms with Crippen LogP contribution in [0.1, 0.15) is 11.1 Å². The van der Waals surface area contributed by atoms with E-state index < -0.39 is 5.97 Å². The van der Waals surface area contributed by atoms with Crippen LogP contribution in [-0.2, 0) is 9.53 Å². The van der Waals surface area contributed by atoms with Crippen LogP contribution in [0.25, 0.3) is 6.08 Å². The molecule has 0 atom stereocenters. The van der Waals surface area contributed by atoms with Gasteiger partial charge >= 0.3 is 5.97 Å². The molecule has 0 bridgehead atoms. The van der Waals surface area contributed by atoms with Crippen molar-refractivity contribution in [2.45, 2.75) is 0 Å². The molecule has 2 aromatic carbocycles. The second-order valence-corrected chi connectivity index (χ2v) is 5.21. The maximum absolute atomic E-state index is 11.9. The Morgan fingerprint density at radius 2 is 1.71 bits per heavy atom. The Morgan fingerprint density at radius 1 is 1.00 bits per heavy atom.